The van der Waals surface area contributed by atoms with Crippen molar-refractivity contribution in [2.45, 2.75) is 71.4 Å². The number of hydrogen-bond acceptors (Lipinski definition) is 8. The number of aliphatic hydroxyl groups is 1. The lowest BCUT2D eigenvalue weighted by atomic mass is 9.90. The monoisotopic (exact) mass is 702 g/mol. The van der Waals surface area contributed by atoms with E-state index < -0.39 is 11.6 Å². The summed E-state index contributed by atoms with van der Waals surface area (Å²) in [4.78, 5) is 37.8. The van der Waals surface area contributed by atoms with E-state index in [1.807, 2.05) is 60.1 Å². The Kier molecular flexibility index (Phi) is 9.83. The fourth-order valence-electron chi connectivity index (χ4n) is 6.73. The molecule has 0 unspecified atom stereocenters. The van der Waals surface area contributed by atoms with Crippen LogP contribution in [0.3, 0.4) is 0 Å². The number of aliphatic carboxylic acids is 1. The minimum absolute atomic E-state index is 0.0753. The number of nitrogens with zero attached hydrogens (tertiary/aromatic N) is 6. The molecule has 3 aromatic heterocycles. The maximum absolute atomic E-state index is 11.9. The molecule has 2 aliphatic heterocycles. The molecule has 1 amide bonds. The fraction of sp³-hybridized carbons (Fsp3) is 0.432. The van der Waals surface area contributed by atoms with Crippen molar-refractivity contribution in [1.29, 1.82) is 0 Å². The van der Waals surface area contributed by atoms with Crippen molar-refractivity contribution in [1.82, 2.24) is 29.5 Å². The van der Waals surface area contributed by atoms with E-state index >= 15 is 0 Å². The molecule has 49 heavy (non-hydrogen) atoms. The summed E-state index contributed by atoms with van der Waals surface area (Å²) >= 11 is 7.75. The Labute approximate surface area is 295 Å². The van der Waals surface area contributed by atoms with E-state index in [0.29, 0.717) is 17.0 Å². The Balaban J connectivity index is 0.000000778. The van der Waals surface area contributed by atoms with E-state index in [9.17, 15) is 14.7 Å². The molecule has 2 fully saturated rings. The van der Waals surface area contributed by atoms with Gasteiger partial charge in [0, 0.05) is 66.8 Å². The van der Waals surface area contributed by atoms with Crippen molar-refractivity contribution in [2.24, 2.45) is 7.05 Å². The number of fused-ring (bicyclic) bond motifs is 2. The number of carbonyl (C=O) groups is 2. The highest BCUT2D eigenvalue weighted by Gasteiger charge is 2.36. The van der Waals surface area contributed by atoms with Crippen molar-refractivity contribution in [3.8, 4) is 21.7 Å². The maximum atomic E-state index is 11.9. The first kappa shape index (κ1) is 34.9. The summed E-state index contributed by atoms with van der Waals surface area (Å²) in [6, 6.07) is 12.1. The van der Waals surface area contributed by atoms with Crippen molar-refractivity contribution in [3.63, 3.8) is 0 Å². The van der Waals surface area contributed by atoms with Gasteiger partial charge in [0.15, 0.2) is 5.65 Å². The average Bonchev–Trinajstić information content (AvgIpc) is 3.57. The van der Waals surface area contributed by atoms with Crippen LogP contribution >= 0.6 is 22.9 Å². The topological polar surface area (TPSA) is 125 Å². The second-order valence-electron chi connectivity index (χ2n) is 14.2. The van der Waals surface area contributed by atoms with Crippen molar-refractivity contribution in [3.05, 3.63) is 64.4 Å². The van der Waals surface area contributed by atoms with E-state index in [1.54, 1.807) is 39.0 Å². The number of benzene rings is 2. The van der Waals surface area contributed by atoms with Gasteiger partial charge >= 0.3 is 5.97 Å². The molecule has 0 atom stereocenters. The molecule has 0 saturated carbocycles. The third-order valence-electron chi connectivity index (χ3n) is 9.17. The Hall–Kier alpha value is -3.90. The summed E-state index contributed by atoms with van der Waals surface area (Å²) in [6.45, 7) is 12.5. The smallest absolute Gasteiger partial charge is 0.307 e. The summed E-state index contributed by atoms with van der Waals surface area (Å²) < 4.78 is 2.82. The van der Waals surface area contributed by atoms with Gasteiger partial charge in [-0.2, -0.15) is 5.10 Å². The number of carbonyl (C=O) groups excluding carboxylic acids is 1. The van der Waals surface area contributed by atoms with Crippen LogP contribution in [0.5, 0.6) is 0 Å². The largest absolute Gasteiger partial charge is 0.481 e. The first-order chi connectivity index (χ1) is 23.2. The molecule has 0 spiro atoms. The minimum Gasteiger partial charge on any atom is -0.481 e. The van der Waals surface area contributed by atoms with E-state index in [-0.39, 0.29) is 12.3 Å². The Morgan fingerprint density at radius 3 is 2.33 bits per heavy atom. The molecular weight excluding hydrogens is 660 g/mol. The highest BCUT2D eigenvalue weighted by Crippen LogP contribution is 2.42. The van der Waals surface area contributed by atoms with Gasteiger partial charge in [-0.15, -0.1) is 11.3 Å². The van der Waals surface area contributed by atoms with Crippen LogP contribution in [-0.2, 0) is 23.1 Å². The molecule has 2 saturated heterocycles. The van der Waals surface area contributed by atoms with Crippen molar-refractivity contribution in [2.75, 3.05) is 26.2 Å². The van der Waals surface area contributed by atoms with E-state index in [4.69, 9.17) is 31.8 Å². The lowest BCUT2D eigenvalue weighted by molar-refractivity contribution is -0.137. The number of hydrogen-bond donors (Lipinski definition) is 2. The number of pyridine rings is 1. The van der Waals surface area contributed by atoms with Crippen LogP contribution in [0.2, 0.25) is 5.02 Å². The van der Waals surface area contributed by atoms with Gasteiger partial charge < -0.3 is 15.1 Å². The standard InChI is InChI=1S/C33H33ClN6O3S.C4H10O/c1-18-12-27-31(29(25(18)14-28(42)43)20-4-6-23(34)7-5-20)44-33(36-27)22-13-26-30(37-38(3)32(26)35-15-22)21-8-10-39(11-9-21)24-16-40(17-24)19(2)41;1-4(2,3)5/h4-7,12-13,15,21,24H,8-11,14,16-17H2,1-3H3,(H,42,43);5H,1-3H3. The number of amides is 1. The number of likely N-dealkylation sites (tertiary alicyclic amines) is 2. The molecule has 0 bridgehead atoms. The third-order valence-corrected chi connectivity index (χ3v) is 10.6. The number of piperidine rings is 1. The highest BCUT2D eigenvalue weighted by molar-refractivity contribution is 7.22. The molecule has 2 aromatic carbocycles. The van der Waals surface area contributed by atoms with Crippen molar-refractivity contribution >= 4 is 56.1 Å². The average molecular weight is 703 g/mol. The molecule has 5 aromatic rings. The molecule has 0 radical (unpaired) electrons. The molecular formula is C37H43ClN6O4S. The molecule has 10 nitrogen and oxygen atoms in total. The van der Waals surface area contributed by atoms with Gasteiger partial charge in [-0.3, -0.25) is 19.2 Å². The Morgan fingerprint density at radius 2 is 1.71 bits per heavy atom. The number of carboxylic acids is 1. The number of rotatable bonds is 6. The molecule has 2 N–H and O–H groups in total. The molecule has 258 valence electrons. The maximum Gasteiger partial charge on any atom is 0.307 e. The predicted molar refractivity (Wildman–Crippen MR) is 195 cm³/mol. The van der Waals surface area contributed by atoms with Crippen LogP contribution in [0.1, 0.15) is 63.3 Å². The number of halogens is 1. The zero-order valence-electron chi connectivity index (χ0n) is 28.8. The van der Waals surface area contributed by atoms with Crippen LogP contribution in [0.4, 0.5) is 0 Å². The van der Waals surface area contributed by atoms with Crippen LogP contribution in [0.15, 0.2) is 42.6 Å². The normalized spacial score (nSPS) is 16.1. The number of carboxylic acid groups (broad SMARTS) is 1. The summed E-state index contributed by atoms with van der Waals surface area (Å²) in [6.07, 6.45) is 3.82. The predicted octanol–water partition coefficient (Wildman–Crippen LogP) is 6.69. The van der Waals surface area contributed by atoms with Crippen LogP contribution in [-0.4, -0.2) is 89.5 Å². The van der Waals surface area contributed by atoms with Crippen molar-refractivity contribution < 1.29 is 19.8 Å². The zero-order chi connectivity index (χ0) is 35.2. The third kappa shape index (κ3) is 7.65. The summed E-state index contributed by atoms with van der Waals surface area (Å²) in [5.41, 5.74) is 6.68. The summed E-state index contributed by atoms with van der Waals surface area (Å²) in [7, 11) is 1.95. The number of aromatic nitrogens is 4. The van der Waals surface area contributed by atoms with Gasteiger partial charge in [0.25, 0.3) is 0 Å². The number of aryl methyl sites for hydroxylation is 2. The highest BCUT2D eigenvalue weighted by atomic mass is 35.5. The summed E-state index contributed by atoms with van der Waals surface area (Å²) in [5, 5.41) is 25.7. The van der Waals surface area contributed by atoms with Gasteiger partial charge in [0.05, 0.1) is 27.9 Å². The van der Waals surface area contributed by atoms with Gasteiger partial charge in [-0.1, -0.05) is 23.7 Å². The number of thiazole rings is 1. The molecule has 12 heteroatoms. The van der Waals surface area contributed by atoms with Crippen LogP contribution in [0, 0.1) is 6.92 Å². The fourth-order valence-corrected chi connectivity index (χ4v) is 7.97. The first-order valence-electron chi connectivity index (χ1n) is 16.6. The molecule has 7 rings (SSSR count). The molecule has 2 aliphatic rings. The summed E-state index contributed by atoms with van der Waals surface area (Å²) in [5.74, 6) is -0.378. The molecule has 5 heterocycles. The molecule has 0 aliphatic carbocycles. The second-order valence-corrected chi connectivity index (χ2v) is 15.6. The van der Waals surface area contributed by atoms with Gasteiger partial charge in [0.2, 0.25) is 5.91 Å². The Morgan fingerprint density at radius 1 is 1.06 bits per heavy atom. The lowest BCUT2D eigenvalue weighted by Gasteiger charge is -2.47. The zero-order valence-corrected chi connectivity index (χ0v) is 30.4. The second kappa shape index (κ2) is 13.8. The van der Waals surface area contributed by atoms with E-state index in [1.165, 1.54) is 0 Å². The SMILES string of the molecule is CC(=O)N1CC(N2CCC(c3nn(C)c4ncc(-c5nc6cc(C)c(CC(=O)O)c(-c7ccc(Cl)cc7)c6s5)cc34)CC2)C1.CC(C)(C)O. The van der Waals surface area contributed by atoms with Crippen LogP contribution in [0.25, 0.3) is 42.9 Å². The van der Waals surface area contributed by atoms with Gasteiger partial charge in [-0.25, -0.2) is 9.97 Å². The van der Waals surface area contributed by atoms with Gasteiger partial charge in [0.1, 0.15) is 5.01 Å². The minimum atomic E-state index is -0.872. The van der Waals surface area contributed by atoms with Gasteiger partial charge in [-0.05, 0) is 94.6 Å². The first-order valence-corrected chi connectivity index (χ1v) is 17.8. The van der Waals surface area contributed by atoms with Crippen LogP contribution < -0.4 is 0 Å². The quantitative estimate of drug-likeness (QED) is 0.201. The van der Waals surface area contributed by atoms with E-state index in [0.717, 1.165) is 98.8 Å². The van der Waals surface area contributed by atoms with E-state index in [2.05, 4.69) is 11.0 Å². The Bertz CT molecular complexity index is 2010. The lowest BCUT2D eigenvalue weighted by Crippen LogP contribution is -2.61.